The van der Waals surface area contributed by atoms with Gasteiger partial charge in [-0.2, -0.15) is 4.99 Å². The molecule has 1 saturated heterocycles. The molecular weight excluding hydrogens is 366 g/mol. The lowest BCUT2D eigenvalue weighted by atomic mass is 9.89. The fourth-order valence-electron chi connectivity index (χ4n) is 2.55. The van der Waals surface area contributed by atoms with Gasteiger partial charge in [-0.1, -0.05) is 20.8 Å². The van der Waals surface area contributed by atoms with Crippen LogP contribution in [0.3, 0.4) is 0 Å². The number of carbonyl (C=O) groups excluding carboxylic acids is 2. The molecule has 1 aromatic carbocycles. The first-order valence-corrected chi connectivity index (χ1v) is 10.7. The molecule has 0 saturated carbocycles. The summed E-state index contributed by atoms with van der Waals surface area (Å²) in [5.41, 5.74) is 5.37. The Morgan fingerprint density at radius 3 is 2.42 bits per heavy atom. The number of Topliss-reactive ketones (excluding diaryl/α,β-unsaturated/α-hetero) is 1. The van der Waals surface area contributed by atoms with E-state index < -0.39 is 5.41 Å². The summed E-state index contributed by atoms with van der Waals surface area (Å²) in [6.45, 7) is 6.34. The smallest absolute Gasteiger partial charge is 0.265 e. The summed E-state index contributed by atoms with van der Waals surface area (Å²) in [6, 6.07) is 8.00. The Morgan fingerprint density at radius 1 is 1.23 bits per heavy atom. The fourth-order valence-corrected chi connectivity index (χ4v) is 4.03. The maximum absolute atomic E-state index is 12.6. The molecule has 26 heavy (non-hydrogen) atoms. The Kier molecular flexibility index (Phi) is 7.32. The molecule has 0 bridgehead atoms. The third-order valence-electron chi connectivity index (χ3n) is 4.20. The van der Waals surface area contributed by atoms with E-state index in [-0.39, 0.29) is 30.0 Å². The van der Waals surface area contributed by atoms with Crippen LogP contribution in [-0.2, 0) is 9.59 Å². The first-order valence-electron chi connectivity index (χ1n) is 8.69. The molecule has 0 radical (unpaired) electrons. The predicted molar refractivity (Wildman–Crippen MR) is 110 cm³/mol. The number of amidine groups is 1. The average Bonchev–Trinajstić information content (AvgIpc) is 3.02. The number of thioether (sulfide) groups is 1. The number of amides is 1. The Hall–Kier alpha value is -1.31. The minimum absolute atomic E-state index is 0.0157. The van der Waals surface area contributed by atoms with Crippen molar-refractivity contribution in [1.29, 1.82) is 0 Å². The van der Waals surface area contributed by atoms with Crippen molar-refractivity contribution in [3.8, 4) is 0 Å². The van der Waals surface area contributed by atoms with Gasteiger partial charge in [0.1, 0.15) is 17.7 Å². The summed E-state index contributed by atoms with van der Waals surface area (Å²) in [5.74, 6) is -0.163. The van der Waals surface area contributed by atoms with E-state index in [0.29, 0.717) is 0 Å². The molecule has 1 aromatic rings. The van der Waals surface area contributed by atoms with Crippen LogP contribution in [0.25, 0.3) is 0 Å². The average molecular weight is 394 g/mol. The highest BCUT2D eigenvalue weighted by atomic mass is 32.2. The molecule has 5 nitrogen and oxygen atoms in total. The molecule has 1 amide bonds. The highest BCUT2D eigenvalue weighted by molar-refractivity contribution is 7.98. The molecule has 1 atom stereocenters. The van der Waals surface area contributed by atoms with E-state index in [1.165, 1.54) is 4.90 Å². The molecule has 1 fully saturated rings. The summed E-state index contributed by atoms with van der Waals surface area (Å²) in [5, 5.41) is 0. The van der Waals surface area contributed by atoms with Crippen molar-refractivity contribution >= 4 is 41.2 Å². The maximum Gasteiger partial charge on any atom is 0.265 e. The number of rotatable bonds is 6. The van der Waals surface area contributed by atoms with Gasteiger partial charge in [0.25, 0.3) is 5.91 Å². The fraction of sp³-hybridized carbons (Fsp3) is 0.526. The molecular formula is C19H27N3O2S2. The van der Waals surface area contributed by atoms with Gasteiger partial charge in [0.15, 0.2) is 0 Å². The second-order valence-corrected chi connectivity index (χ2v) is 9.36. The lowest BCUT2D eigenvalue weighted by Crippen LogP contribution is -2.33. The van der Waals surface area contributed by atoms with Crippen LogP contribution in [0.5, 0.6) is 0 Å². The number of aliphatic imine (C=N–C) groups is 1. The topological polar surface area (TPSA) is 75.8 Å². The Labute approximate surface area is 164 Å². The number of carbonyl (C=O) groups is 2. The zero-order chi connectivity index (χ0) is 19.3. The summed E-state index contributed by atoms with van der Waals surface area (Å²) in [6.07, 6.45) is 3.77. The largest absolute Gasteiger partial charge is 0.387 e. The van der Waals surface area contributed by atoms with Crippen molar-refractivity contribution in [1.82, 2.24) is 4.31 Å². The van der Waals surface area contributed by atoms with Gasteiger partial charge in [0.2, 0.25) is 0 Å². The van der Waals surface area contributed by atoms with Crippen LogP contribution in [0, 0.1) is 5.41 Å². The van der Waals surface area contributed by atoms with Gasteiger partial charge in [-0.25, -0.2) is 4.31 Å². The highest BCUT2D eigenvalue weighted by Gasteiger charge is 2.32. The maximum atomic E-state index is 12.6. The normalized spacial score (nSPS) is 18.9. The number of hydrogen-bond acceptors (Lipinski definition) is 5. The summed E-state index contributed by atoms with van der Waals surface area (Å²) >= 11 is 3.28. The molecule has 0 aromatic heterocycles. The Morgan fingerprint density at radius 2 is 1.85 bits per heavy atom. The van der Waals surface area contributed by atoms with Gasteiger partial charge >= 0.3 is 0 Å². The van der Waals surface area contributed by atoms with E-state index in [4.69, 9.17) is 5.73 Å². The van der Waals surface area contributed by atoms with Crippen molar-refractivity contribution < 1.29 is 9.59 Å². The van der Waals surface area contributed by atoms with Crippen molar-refractivity contribution in [2.45, 2.75) is 55.9 Å². The van der Waals surface area contributed by atoms with E-state index in [9.17, 15) is 9.59 Å². The minimum Gasteiger partial charge on any atom is -0.387 e. The van der Waals surface area contributed by atoms with Crippen LogP contribution < -0.4 is 5.73 Å². The monoisotopic (exact) mass is 393 g/mol. The molecule has 142 valence electrons. The van der Waals surface area contributed by atoms with E-state index in [2.05, 4.69) is 33.6 Å². The molecule has 1 unspecified atom stereocenters. The predicted octanol–water partition coefficient (Wildman–Crippen LogP) is 3.77. The van der Waals surface area contributed by atoms with Crippen molar-refractivity contribution in [3.63, 3.8) is 0 Å². The van der Waals surface area contributed by atoms with Crippen LogP contribution in [0.4, 0.5) is 0 Å². The van der Waals surface area contributed by atoms with Crippen LogP contribution in [0.2, 0.25) is 0 Å². The van der Waals surface area contributed by atoms with Crippen LogP contribution in [-0.4, -0.2) is 40.7 Å². The number of nitrogens with zero attached hydrogens (tertiary/aromatic N) is 2. The third kappa shape index (κ3) is 5.86. The zero-order valence-corrected chi connectivity index (χ0v) is 17.5. The van der Waals surface area contributed by atoms with Gasteiger partial charge in [0.05, 0.1) is 6.42 Å². The number of hydrogen-bond donors (Lipinski definition) is 1. The molecule has 7 heteroatoms. The second kappa shape index (κ2) is 9.06. The molecule has 1 aliphatic rings. The summed E-state index contributed by atoms with van der Waals surface area (Å²) in [4.78, 5) is 30.9. The third-order valence-corrected chi connectivity index (χ3v) is 6.10. The quantitative estimate of drug-likeness (QED) is 0.343. The van der Waals surface area contributed by atoms with Gasteiger partial charge in [-0.15, -0.1) is 11.8 Å². The van der Waals surface area contributed by atoms with Gasteiger partial charge in [0, 0.05) is 21.8 Å². The van der Waals surface area contributed by atoms with E-state index in [1.54, 1.807) is 23.7 Å². The summed E-state index contributed by atoms with van der Waals surface area (Å²) in [7, 11) is 0. The SMILES string of the molecule is CSc1ccc(SN2CCCC2C(=O)N=C(N)CC(=O)C(C)(C)C)cc1. The van der Waals surface area contributed by atoms with E-state index >= 15 is 0 Å². The van der Waals surface area contributed by atoms with Gasteiger partial charge in [-0.3, -0.25) is 9.59 Å². The molecule has 2 N–H and O–H groups in total. The molecule has 1 heterocycles. The number of ketones is 1. The Balaban J connectivity index is 2.00. The Bertz CT molecular complexity index is 681. The van der Waals surface area contributed by atoms with Crippen molar-refractivity contribution in [3.05, 3.63) is 24.3 Å². The first-order chi connectivity index (χ1) is 12.2. The van der Waals surface area contributed by atoms with E-state index in [1.807, 2.05) is 27.0 Å². The zero-order valence-electron chi connectivity index (χ0n) is 15.8. The van der Waals surface area contributed by atoms with Crippen molar-refractivity contribution in [2.75, 3.05) is 12.8 Å². The number of benzene rings is 1. The molecule has 0 aliphatic carbocycles. The lowest BCUT2D eigenvalue weighted by molar-refractivity contribution is -0.125. The first kappa shape index (κ1) is 21.0. The van der Waals surface area contributed by atoms with Gasteiger partial charge in [-0.05, 0) is 55.3 Å². The van der Waals surface area contributed by atoms with Gasteiger partial charge < -0.3 is 5.73 Å². The minimum atomic E-state index is -0.485. The van der Waals surface area contributed by atoms with Crippen LogP contribution in [0.1, 0.15) is 40.0 Å². The summed E-state index contributed by atoms with van der Waals surface area (Å²) < 4.78 is 2.07. The van der Waals surface area contributed by atoms with Crippen LogP contribution in [0.15, 0.2) is 39.0 Å². The standard InChI is InChI=1S/C19H27N3O2S2/c1-19(2,3)16(23)12-17(20)21-18(24)15-6-5-11-22(15)26-14-9-7-13(25-4)8-10-14/h7-10,15H,5-6,11-12H2,1-4H3,(H2,20,21,24). The molecule has 1 aliphatic heterocycles. The highest BCUT2D eigenvalue weighted by Crippen LogP contribution is 2.32. The molecule has 0 spiro atoms. The van der Waals surface area contributed by atoms with Crippen molar-refractivity contribution in [2.24, 2.45) is 16.1 Å². The van der Waals surface area contributed by atoms with Crippen LogP contribution >= 0.6 is 23.7 Å². The van der Waals surface area contributed by atoms with E-state index in [0.717, 1.165) is 24.3 Å². The second-order valence-electron chi connectivity index (χ2n) is 7.36. The number of nitrogens with two attached hydrogens (primary N) is 1. The lowest BCUT2D eigenvalue weighted by Gasteiger charge is -2.21. The molecule has 2 rings (SSSR count).